The molecule has 2 atom stereocenters. The van der Waals surface area contributed by atoms with E-state index in [4.69, 9.17) is 4.74 Å². The van der Waals surface area contributed by atoms with Crippen molar-refractivity contribution >= 4 is 11.6 Å². The molecule has 1 aromatic rings. The van der Waals surface area contributed by atoms with Gasteiger partial charge in [-0.15, -0.1) is 0 Å². The summed E-state index contributed by atoms with van der Waals surface area (Å²) in [5.41, 5.74) is -0.181. The highest BCUT2D eigenvalue weighted by molar-refractivity contribution is 5.95. The van der Waals surface area contributed by atoms with E-state index < -0.39 is 16.4 Å². The maximum Gasteiger partial charge on any atom is 0.310 e. The maximum atomic E-state index is 12.3. The van der Waals surface area contributed by atoms with E-state index in [-0.39, 0.29) is 23.7 Å². The minimum absolute atomic E-state index is 0.0608. The van der Waals surface area contributed by atoms with Crippen molar-refractivity contribution in [1.82, 2.24) is 4.90 Å². The fraction of sp³-hybridized carbons (Fsp3) is 0.462. The summed E-state index contributed by atoms with van der Waals surface area (Å²) in [5.74, 6) is -0.771. The summed E-state index contributed by atoms with van der Waals surface area (Å²) >= 11 is 0. The van der Waals surface area contributed by atoms with Gasteiger partial charge >= 0.3 is 5.69 Å². The van der Waals surface area contributed by atoms with Crippen molar-refractivity contribution in [2.45, 2.75) is 26.1 Å². The highest BCUT2D eigenvalue weighted by Crippen LogP contribution is 2.27. The first-order valence-electron chi connectivity index (χ1n) is 6.30. The zero-order valence-electron chi connectivity index (χ0n) is 11.3. The van der Waals surface area contributed by atoms with Crippen LogP contribution in [0.2, 0.25) is 0 Å². The minimum atomic E-state index is -0.692. The molecule has 0 bridgehead atoms. The van der Waals surface area contributed by atoms with Crippen LogP contribution in [0.4, 0.5) is 5.69 Å². The Morgan fingerprint density at radius 1 is 1.40 bits per heavy atom. The number of ether oxygens (including phenoxy) is 1. The summed E-state index contributed by atoms with van der Waals surface area (Å²) < 4.78 is 5.54. The molecule has 0 aromatic heterocycles. The van der Waals surface area contributed by atoms with Gasteiger partial charge in [0, 0.05) is 24.7 Å². The summed E-state index contributed by atoms with van der Waals surface area (Å²) in [7, 11) is 0. The standard InChI is InChI=1S/C13H16N2O5/c1-8-6-14(7-9(2)20-8)13(17)10-3-4-11(15(18)19)12(16)5-10/h3-5,8-9,16H,6-7H2,1-2H3/t8-,9+. The number of nitro benzene ring substituents is 1. The second-order valence-electron chi connectivity index (χ2n) is 4.93. The number of carbonyl (C=O) groups excluding carboxylic acids is 1. The van der Waals surface area contributed by atoms with Gasteiger partial charge in [0.25, 0.3) is 5.91 Å². The fourth-order valence-corrected chi connectivity index (χ4v) is 2.34. The average molecular weight is 280 g/mol. The second kappa shape index (κ2) is 5.46. The third-order valence-corrected chi connectivity index (χ3v) is 3.13. The van der Waals surface area contributed by atoms with Crippen molar-refractivity contribution in [3.05, 3.63) is 33.9 Å². The summed E-state index contributed by atoms with van der Waals surface area (Å²) in [4.78, 5) is 23.9. The highest BCUT2D eigenvalue weighted by Gasteiger charge is 2.27. The van der Waals surface area contributed by atoms with Crippen LogP contribution in [0.1, 0.15) is 24.2 Å². The van der Waals surface area contributed by atoms with Crippen LogP contribution in [0.5, 0.6) is 5.75 Å². The third kappa shape index (κ3) is 2.88. The Bertz CT molecular complexity index is 536. The predicted octanol–water partition coefficient (Wildman–Crippen LogP) is 1.55. The molecule has 1 amide bonds. The number of benzene rings is 1. The van der Waals surface area contributed by atoms with E-state index in [0.29, 0.717) is 13.1 Å². The Hall–Kier alpha value is -2.15. The smallest absolute Gasteiger partial charge is 0.310 e. The number of phenolic OH excluding ortho intramolecular Hbond substituents is 1. The number of aromatic hydroxyl groups is 1. The van der Waals surface area contributed by atoms with Gasteiger partial charge in [-0.25, -0.2) is 0 Å². The molecule has 0 unspecified atom stereocenters. The van der Waals surface area contributed by atoms with Crippen molar-refractivity contribution < 1.29 is 19.6 Å². The lowest BCUT2D eigenvalue weighted by Gasteiger charge is -2.35. The monoisotopic (exact) mass is 280 g/mol. The Morgan fingerprint density at radius 2 is 2.00 bits per heavy atom. The summed E-state index contributed by atoms with van der Waals surface area (Å²) in [6, 6.07) is 3.62. The largest absolute Gasteiger partial charge is 0.502 e. The Kier molecular flexibility index (Phi) is 3.89. The Balaban J connectivity index is 2.21. The van der Waals surface area contributed by atoms with Gasteiger partial charge in [0.1, 0.15) is 0 Å². The van der Waals surface area contributed by atoms with Gasteiger partial charge in [0.05, 0.1) is 17.1 Å². The van der Waals surface area contributed by atoms with Gasteiger partial charge in [-0.1, -0.05) is 0 Å². The molecule has 2 rings (SSSR count). The van der Waals surface area contributed by atoms with Crippen molar-refractivity contribution in [3.8, 4) is 5.75 Å². The molecule has 0 saturated carbocycles. The number of hydrogen-bond acceptors (Lipinski definition) is 5. The fourth-order valence-electron chi connectivity index (χ4n) is 2.34. The Morgan fingerprint density at radius 3 is 2.50 bits per heavy atom. The maximum absolute atomic E-state index is 12.3. The van der Waals surface area contributed by atoms with Crippen LogP contribution < -0.4 is 0 Å². The molecule has 1 saturated heterocycles. The number of carbonyl (C=O) groups is 1. The van der Waals surface area contributed by atoms with Crippen LogP contribution in [0, 0.1) is 10.1 Å². The van der Waals surface area contributed by atoms with Gasteiger partial charge in [0.15, 0.2) is 5.75 Å². The number of amides is 1. The number of morpholine rings is 1. The van der Waals surface area contributed by atoms with Crippen LogP contribution in [-0.4, -0.2) is 46.1 Å². The van der Waals surface area contributed by atoms with Gasteiger partial charge in [-0.2, -0.15) is 0 Å². The van der Waals surface area contributed by atoms with E-state index >= 15 is 0 Å². The summed E-state index contributed by atoms with van der Waals surface area (Å²) in [6.07, 6.45) is -0.122. The molecule has 1 aliphatic rings. The van der Waals surface area contributed by atoms with Crippen molar-refractivity contribution in [2.24, 2.45) is 0 Å². The zero-order valence-corrected chi connectivity index (χ0v) is 11.3. The number of rotatable bonds is 2. The molecular weight excluding hydrogens is 264 g/mol. The normalized spacial score (nSPS) is 22.6. The van der Waals surface area contributed by atoms with E-state index in [1.54, 1.807) is 4.90 Å². The van der Waals surface area contributed by atoms with Crippen LogP contribution in [0.25, 0.3) is 0 Å². The molecule has 1 N–H and O–H groups in total. The topological polar surface area (TPSA) is 92.9 Å². The van der Waals surface area contributed by atoms with Gasteiger partial charge in [-0.3, -0.25) is 14.9 Å². The lowest BCUT2D eigenvalue weighted by molar-refractivity contribution is -0.385. The van der Waals surface area contributed by atoms with E-state index in [1.807, 2.05) is 13.8 Å². The van der Waals surface area contributed by atoms with Crippen LogP contribution in [-0.2, 0) is 4.74 Å². The molecule has 0 radical (unpaired) electrons. The van der Waals surface area contributed by atoms with Gasteiger partial charge in [-0.05, 0) is 26.0 Å². The number of nitrogens with zero attached hydrogens (tertiary/aromatic N) is 2. The van der Waals surface area contributed by atoms with E-state index in [9.17, 15) is 20.0 Å². The molecule has 1 heterocycles. The van der Waals surface area contributed by atoms with Crippen LogP contribution in [0.3, 0.4) is 0 Å². The number of nitro groups is 1. The lowest BCUT2D eigenvalue weighted by Crippen LogP contribution is -2.48. The highest BCUT2D eigenvalue weighted by atomic mass is 16.6. The van der Waals surface area contributed by atoms with E-state index in [0.717, 1.165) is 12.1 Å². The minimum Gasteiger partial charge on any atom is -0.502 e. The SMILES string of the molecule is C[C@@H]1CN(C(=O)c2ccc([N+](=O)[O-])c(O)c2)C[C@H](C)O1. The molecular formula is C13H16N2O5. The second-order valence-corrected chi connectivity index (χ2v) is 4.93. The Labute approximate surface area is 115 Å². The van der Waals surface area contributed by atoms with Crippen molar-refractivity contribution in [3.63, 3.8) is 0 Å². The molecule has 1 fully saturated rings. The van der Waals surface area contributed by atoms with Crippen molar-refractivity contribution in [2.75, 3.05) is 13.1 Å². The molecule has 7 heteroatoms. The first kappa shape index (κ1) is 14.3. The quantitative estimate of drug-likeness (QED) is 0.655. The number of phenols is 1. The molecule has 1 aromatic carbocycles. The summed E-state index contributed by atoms with van der Waals surface area (Å²) in [5, 5.41) is 20.2. The third-order valence-electron chi connectivity index (χ3n) is 3.13. The first-order chi connectivity index (χ1) is 9.38. The molecule has 20 heavy (non-hydrogen) atoms. The molecule has 0 spiro atoms. The molecule has 0 aliphatic carbocycles. The zero-order chi connectivity index (χ0) is 14.9. The van der Waals surface area contributed by atoms with Crippen LogP contribution >= 0.6 is 0 Å². The van der Waals surface area contributed by atoms with E-state index in [2.05, 4.69) is 0 Å². The average Bonchev–Trinajstić information content (AvgIpc) is 2.36. The number of hydrogen-bond donors (Lipinski definition) is 1. The first-order valence-corrected chi connectivity index (χ1v) is 6.30. The van der Waals surface area contributed by atoms with Gasteiger partial charge in [0.2, 0.25) is 0 Å². The van der Waals surface area contributed by atoms with E-state index in [1.165, 1.54) is 6.07 Å². The molecule has 7 nitrogen and oxygen atoms in total. The molecule has 108 valence electrons. The summed E-state index contributed by atoms with van der Waals surface area (Å²) in [6.45, 7) is 4.67. The predicted molar refractivity (Wildman–Crippen MR) is 70.7 cm³/mol. The molecule has 1 aliphatic heterocycles. The van der Waals surface area contributed by atoms with Crippen LogP contribution in [0.15, 0.2) is 18.2 Å². The van der Waals surface area contributed by atoms with Gasteiger partial charge < -0.3 is 14.7 Å². The lowest BCUT2D eigenvalue weighted by atomic mass is 10.1. The van der Waals surface area contributed by atoms with Crippen molar-refractivity contribution in [1.29, 1.82) is 0 Å².